The number of amides is 1. The van der Waals surface area contributed by atoms with Crippen molar-refractivity contribution in [2.75, 3.05) is 0 Å². The van der Waals surface area contributed by atoms with Gasteiger partial charge in [0.2, 0.25) is 5.91 Å². The lowest BCUT2D eigenvalue weighted by Crippen LogP contribution is -2.54. The summed E-state index contributed by atoms with van der Waals surface area (Å²) in [5.74, 6) is 2.83. The molecule has 2 heteroatoms. The molecule has 4 saturated carbocycles. The Balaban J connectivity index is 1.51. The fraction of sp³-hybridized carbons (Fsp3) is 0.667. The Bertz CT molecular complexity index is 553. The number of nitrogens with one attached hydrogen (secondary N) is 1. The summed E-state index contributed by atoms with van der Waals surface area (Å²) in [6.45, 7) is 4.28. The van der Waals surface area contributed by atoms with Gasteiger partial charge in [0.05, 0.1) is 6.04 Å². The van der Waals surface area contributed by atoms with Crippen LogP contribution in [-0.2, 0) is 4.79 Å². The molecule has 0 heterocycles. The molecule has 0 spiro atoms. The third-order valence-electron chi connectivity index (χ3n) is 6.71. The summed E-state index contributed by atoms with van der Waals surface area (Å²) in [7, 11) is 0. The third kappa shape index (κ3) is 2.70. The van der Waals surface area contributed by atoms with Crippen LogP contribution in [0.15, 0.2) is 24.3 Å². The van der Waals surface area contributed by atoms with Crippen molar-refractivity contribution in [1.82, 2.24) is 5.32 Å². The van der Waals surface area contributed by atoms with Crippen LogP contribution < -0.4 is 5.32 Å². The number of aryl methyl sites for hydroxylation is 1. The Morgan fingerprint density at radius 3 is 2.09 bits per heavy atom. The van der Waals surface area contributed by atoms with Gasteiger partial charge in [-0.2, -0.15) is 0 Å². The third-order valence-corrected chi connectivity index (χ3v) is 6.71. The predicted molar refractivity (Wildman–Crippen MR) is 93.0 cm³/mol. The molecule has 1 aromatic rings. The lowest BCUT2D eigenvalue weighted by atomic mass is 9.49. The van der Waals surface area contributed by atoms with Crippen LogP contribution in [0.25, 0.3) is 0 Å². The van der Waals surface area contributed by atoms with Crippen LogP contribution in [0.3, 0.4) is 0 Å². The zero-order valence-corrected chi connectivity index (χ0v) is 14.5. The SMILES string of the molecule is CC[C@@H](NC(=O)C12CC3CC(CC(C3)C1)C2)c1ccc(C)cc1. The molecule has 0 aromatic heterocycles. The van der Waals surface area contributed by atoms with Crippen LogP contribution in [0.5, 0.6) is 0 Å². The molecule has 5 rings (SSSR count). The van der Waals surface area contributed by atoms with Crippen molar-refractivity contribution in [3.63, 3.8) is 0 Å². The molecule has 1 aromatic carbocycles. The van der Waals surface area contributed by atoms with E-state index in [2.05, 4.69) is 43.4 Å². The Hall–Kier alpha value is -1.31. The van der Waals surface area contributed by atoms with E-state index in [0.717, 1.165) is 43.4 Å². The van der Waals surface area contributed by atoms with Gasteiger partial charge in [0.25, 0.3) is 0 Å². The van der Waals surface area contributed by atoms with Crippen LogP contribution >= 0.6 is 0 Å². The molecule has 4 bridgehead atoms. The second kappa shape index (κ2) is 5.65. The summed E-state index contributed by atoms with van der Waals surface area (Å²) < 4.78 is 0. The molecule has 0 saturated heterocycles. The van der Waals surface area contributed by atoms with E-state index in [1.807, 2.05) is 0 Å². The second-order valence-corrected chi connectivity index (χ2v) is 8.54. The molecule has 4 fully saturated rings. The predicted octanol–water partition coefficient (Wildman–Crippen LogP) is 4.78. The molecular formula is C21H29NO. The summed E-state index contributed by atoms with van der Waals surface area (Å²) in [5.41, 5.74) is 2.49. The maximum Gasteiger partial charge on any atom is 0.226 e. The van der Waals surface area contributed by atoms with E-state index in [0.29, 0.717) is 5.91 Å². The van der Waals surface area contributed by atoms with Gasteiger partial charge in [-0.15, -0.1) is 0 Å². The van der Waals surface area contributed by atoms with E-state index >= 15 is 0 Å². The lowest BCUT2D eigenvalue weighted by molar-refractivity contribution is -0.147. The molecule has 2 nitrogen and oxygen atoms in total. The van der Waals surface area contributed by atoms with E-state index in [4.69, 9.17) is 0 Å². The average molecular weight is 311 g/mol. The second-order valence-electron chi connectivity index (χ2n) is 8.54. The first-order valence-electron chi connectivity index (χ1n) is 9.45. The van der Waals surface area contributed by atoms with Crippen molar-refractivity contribution in [2.24, 2.45) is 23.2 Å². The molecule has 23 heavy (non-hydrogen) atoms. The van der Waals surface area contributed by atoms with Gasteiger partial charge >= 0.3 is 0 Å². The maximum atomic E-state index is 13.2. The van der Waals surface area contributed by atoms with Gasteiger partial charge < -0.3 is 5.32 Å². The van der Waals surface area contributed by atoms with Crippen molar-refractivity contribution in [1.29, 1.82) is 0 Å². The molecule has 0 unspecified atom stereocenters. The van der Waals surface area contributed by atoms with E-state index < -0.39 is 0 Å². The largest absolute Gasteiger partial charge is 0.349 e. The van der Waals surface area contributed by atoms with Gasteiger partial charge in [-0.3, -0.25) is 4.79 Å². The van der Waals surface area contributed by atoms with Crippen molar-refractivity contribution in [3.8, 4) is 0 Å². The molecule has 4 aliphatic rings. The molecule has 1 N–H and O–H groups in total. The number of carbonyl (C=O) groups is 1. The number of benzene rings is 1. The highest BCUT2D eigenvalue weighted by Crippen LogP contribution is 2.60. The number of rotatable bonds is 4. The van der Waals surface area contributed by atoms with E-state index in [-0.39, 0.29) is 11.5 Å². The standard InChI is InChI=1S/C21H29NO/c1-3-19(18-6-4-14(2)5-7-18)22-20(23)21-11-15-8-16(12-21)10-17(9-15)13-21/h4-7,15-17,19H,3,8-13H2,1-2H3,(H,22,23)/t15?,16?,17?,19-,21?/m1/s1. The Kier molecular flexibility index (Phi) is 3.74. The monoisotopic (exact) mass is 311 g/mol. The van der Waals surface area contributed by atoms with Crippen LogP contribution in [-0.4, -0.2) is 5.91 Å². The van der Waals surface area contributed by atoms with Gasteiger partial charge in [-0.1, -0.05) is 36.8 Å². The lowest BCUT2D eigenvalue weighted by Gasteiger charge is -2.55. The molecule has 4 aliphatic carbocycles. The molecule has 124 valence electrons. The quantitative estimate of drug-likeness (QED) is 0.852. The maximum absolute atomic E-state index is 13.2. The van der Waals surface area contributed by atoms with Crippen LogP contribution in [0.2, 0.25) is 0 Å². The first kappa shape index (κ1) is 15.2. The van der Waals surface area contributed by atoms with Crippen LogP contribution in [0.1, 0.15) is 69.0 Å². The molecular weight excluding hydrogens is 282 g/mol. The summed E-state index contributed by atoms with van der Waals surface area (Å²) >= 11 is 0. The van der Waals surface area contributed by atoms with Crippen molar-refractivity contribution in [3.05, 3.63) is 35.4 Å². The summed E-state index contributed by atoms with van der Waals surface area (Å²) in [6, 6.07) is 8.80. The van der Waals surface area contributed by atoms with Crippen LogP contribution in [0, 0.1) is 30.1 Å². The minimum absolute atomic E-state index is 0.0349. The summed E-state index contributed by atoms with van der Waals surface area (Å²) in [5, 5.41) is 3.42. The van der Waals surface area contributed by atoms with Gasteiger partial charge in [0.1, 0.15) is 0 Å². The van der Waals surface area contributed by atoms with Crippen LogP contribution in [0.4, 0.5) is 0 Å². The first-order valence-corrected chi connectivity index (χ1v) is 9.45. The fourth-order valence-corrected chi connectivity index (χ4v) is 5.92. The van der Waals surface area contributed by atoms with E-state index in [1.165, 1.54) is 30.4 Å². The fourth-order valence-electron chi connectivity index (χ4n) is 5.92. The molecule has 1 amide bonds. The highest BCUT2D eigenvalue weighted by Gasteiger charge is 2.54. The number of hydrogen-bond acceptors (Lipinski definition) is 1. The van der Waals surface area contributed by atoms with Gasteiger partial charge in [-0.25, -0.2) is 0 Å². The Morgan fingerprint density at radius 2 is 1.61 bits per heavy atom. The molecule has 1 atom stereocenters. The first-order chi connectivity index (χ1) is 11.1. The molecule has 0 aliphatic heterocycles. The Labute approximate surface area is 140 Å². The van der Waals surface area contributed by atoms with Gasteiger partial charge in [-0.05, 0) is 75.2 Å². The normalized spacial score (nSPS) is 36.0. The minimum atomic E-state index is -0.0349. The highest BCUT2D eigenvalue weighted by molar-refractivity contribution is 5.83. The molecule has 0 radical (unpaired) electrons. The van der Waals surface area contributed by atoms with Crippen molar-refractivity contribution in [2.45, 2.75) is 64.8 Å². The highest BCUT2D eigenvalue weighted by atomic mass is 16.2. The summed E-state index contributed by atoms with van der Waals surface area (Å²) in [6.07, 6.45) is 8.58. The number of hydrogen-bond donors (Lipinski definition) is 1. The average Bonchev–Trinajstić information content (AvgIpc) is 2.52. The Morgan fingerprint density at radius 1 is 1.09 bits per heavy atom. The zero-order valence-electron chi connectivity index (χ0n) is 14.5. The van der Waals surface area contributed by atoms with Gasteiger partial charge in [0, 0.05) is 5.41 Å². The summed E-state index contributed by atoms with van der Waals surface area (Å²) in [4.78, 5) is 13.2. The topological polar surface area (TPSA) is 29.1 Å². The smallest absolute Gasteiger partial charge is 0.226 e. The van der Waals surface area contributed by atoms with Crippen molar-refractivity contribution < 1.29 is 4.79 Å². The zero-order chi connectivity index (χ0) is 16.0. The van der Waals surface area contributed by atoms with Gasteiger partial charge in [0.15, 0.2) is 0 Å². The van der Waals surface area contributed by atoms with E-state index in [1.54, 1.807) is 0 Å². The van der Waals surface area contributed by atoms with Crippen molar-refractivity contribution >= 4 is 5.91 Å². The number of carbonyl (C=O) groups excluding carboxylic acids is 1. The minimum Gasteiger partial charge on any atom is -0.349 e. The van der Waals surface area contributed by atoms with E-state index in [9.17, 15) is 4.79 Å².